The van der Waals surface area contributed by atoms with Crippen molar-refractivity contribution in [3.63, 3.8) is 0 Å². The van der Waals surface area contributed by atoms with Crippen LogP contribution in [0.3, 0.4) is 0 Å². The molecule has 1 aromatic carbocycles. The Bertz CT molecular complexity index is 625. The van der Waals surface area contributed by atoms with Gasteiger partial charge in [0.15, 0.2) is 0 Å². The standard InChI is InChI=1S/C12H18N2O5S/c1-9-7-10(14(16)17)5-6-11(9)20(18,19)13(4)12(2,3)8-15/h5-7,15H,8H2,1-4H3. The highest BCUT2D eigenvalue weighted by Gasteiger charge is 2.34. The van der Waals surface area contributed by atoms with Crippen molar-refractivity contribution >= 4 is 15.7 Å². The maximum atomic E-state index is 12.5. The van der Waals surface area contributed by atoms with Crippen molar-refractivity contribution in [1.29, 1.82) is 0 Å². The van der Waals surface area contributed by atoms with E-state index in [1.165, 1.54) is 26.1 Å². The van der Waals surface area contributed by atoms with Gasteiger partial charge in [0.25, 0.3) is 5.69 Å². The molecule has 0 atom stereocenters. The first-order valence-corrected chi connectivity index (χ1v) is 7.33. The number of nitro groups is 1. The number of sulfonamides is 1. The van der Waals surface area contributed by atoms with Crippen LogP contribution < -0.4 is 0 Å². The summed E-state index contributed by atoms with van der Waals surface area (Å²) in [5.41, 5.74) is -0.835. The van der Waals surface area contributed by atoms with Gasteiger partial charge in [-0.15, -0.1) is 0 Å². The van der Waals surface area contributed by atoms with Crippen LogP contribution in [-0.4, -0.2) is 41.9 Å². The lowest BCUT2D eigenvalue weighted by Crippen LogP contribution is -2.47. The topological polar surface area (TPSA) is 101 Å². The zero-order valence-corrected chi connectivity index (χ0v) is 12.6. The van der Waals surface area contributed by atoms with Gasteiger partial charge in [0.05, 0.1) is 22.0 Å². The molecule has 20 heavy (non-hydrogen) atoms. The van der Waals surface area contributed by atoms with Gasteiger partial charge in [-0.3, -0.25) is 10.1 Å². The fourth-order valence-electron chi connectivity index (χ4n) is 1.61. The molecule has 8 heteroatoms. The van der Waals surface area contributed by atoms with E-state index in [2.05, 4.69) is 0 Å². The fourth-order valence-corrected chi connectivity index (χ4v) is 3.32. The van der Waals surface area contributed by atoms with Crippen LogP contribution in [0.15, 0.2) is 23.1 Å². The van der Waals surface area contributed by atoms with Crippen molar-refractivity contribution in [3.05, 3.63) is 33.9 Å². The summed E-state index contributed by atoms with van der Waals surface area (Å²) in [4.78, 5) is 10.1. The van der Waals surface area contributed by atoms with Gasteiger partial charge in [-0.1, -0.05) is 0 Å². The Hall–Kier alpha value is -1.51. The van der Waals surface area contributed by atoms with Gasteiger partial charge >= 0.3 is 0 Å². The molecule has 112 valence electrons. The first kappa shape index (κ1) is 16.5. The van der Waals surface area contributed by atoms with Crippen molar-refractivity contribution in [2.75, 3.05) is 13.7 Å². The highest BCUT2D eigenvalue weighted by atomic mass is 32.2. The predicted octanol–water partition coefficient (Wildman–Crippen LogP) is 1.29. The minimum atomic E-state index is -3.83. The number of aryl methyl sites for hydroxylation is 1. The second-order valence-corrected chi connectivity index (χ2v) is 7.09. The first-order valence-electron chi connectivity index (χ1n) is 5.89. The number of non-ortho nitro benzene ring substituents is 1. The Kier molecular flexibility index (Phi) is 4.52. The lowest BCUT2D eigenvalue weighted by Gasteiger charge is -2.33. The van der Waals surface area contributed by atoms with Crippen LogP contribution in [0.1, 0.15) is 19.4 Å². The molecule has 0 fully saturated rings. The average Bonchev–Trinajstić information content (AvgIpc) is 2.37. The predicted molar refractivity (Wildman–Crippen MR) is 73.9 cm³/mol. The number of likely N-dealkylation sites (N-methyl/N-ethyl adjacent to an activating group) is 1. The summed E-state index contributed by atoms with van der Waals surface area (Å²) in [5.74, 6) is 0. The quantitative estimate of drug-likeness (QED) is 0.652. The van der Waals surface area contributed by atoms with E-state index in [0.717, 1.165) is 10.4 Å². The minimum absolute atomic E-state index is 0.00729. The molecular weight excluding hydrogens is 284 g/mol. The molecule has 1 N–H and O–H groups in total. The zero-order chi connectivity index (χ0) is 15.7. The van der Waals surface area contributed by atoms with E-state index < -0.39 is 20.5 Å². The van der Waals surface area contributed by atoms with Gasteiger partial charge in [0.2, 0.25) is 10.0 Å². The first-order chi connectivity index (χ1) is 9.04. The van der Waals surface area contributed by atoms with Crippen LogP contribution in [0.4, 0.5) is 5.69 Å². The van der Waals surface area contributed by atoms with Crippen LogP contribution >= 0.6 is 0 Å². The summed E-state index contributed by atoms with van der Waals surface area (Å²) in [5, 5.41) is 19.9. The Morgan fingerprint density at radius 2 is 1.95 bits per heavy atom. The van der Waals surface area contributed by atoms with Gasteiger partial charge in [0, 0.05) is 19.2 Å². The van der Waals surface area contributed by atoms with Crippen LogP contribution in [0.2, 0.25) is 0 Å². The molecule has 0 aliphatic heterocycles. The molecule has 0 bridgehead atoms. The van der Waals surface area contributed by atoms with Crippen molar-refractivity contribution < 1.29 is 18.4 Å². The zero-order valence-electron chi connectivity index (χ0n) is 11.8. The van der Waals surface area contributed by atoms with Crippen molar-refractivity contribution in [2.24, 2.45) is 0 Å². The van der Waals surface area contributed by atoms with Gasteiger partial charge in [-0.2, -0.15) is 4.31 Å². The van der Waals surface area contributed by atoms with Crippen LogP contribution in [0.25, 0.3) is 0 Å². The summed E-state index contributed by atoms with van der Waals surface area (Å²) in [7, 11) is -2.46. The normalized spacial score (nSPS) is 12.7. The molecule has 0 aliphatic rings. The number of rotatable bonds is 5. The second kappa shape index (κ2) is 5.47. The molecule has 0 saturated heterocycles. The number of aliphatic hydroxyl groups is 1. The fraction of sp³-hybridized carbons (Fsp3) is 0.500. The highest BCUT2D eigenvalue weighted by Crippen LogP contribution is 2.27. The smallest absolute Gasteiger partial charge is 0.269 e. The molecule has 1 rings (SSSR count). The lowest BCUT2D eigenvalue weighted by molar-refractivity contribution is -0.385. The summed E-state index contributed by atoms with van der Waals surface area (Å²) in [6, 6.07) is 3.58. The number of nitrogens with zero attached hydrogens (tertiary/aromatic N) is 2. The molecule has 0 amide bonds. The Morgan fingerprint density at radius 1 is 1.40 bits per heavy atom. The van der Waals surface area contributed by atoms with Gasteiger partial charge in [-0.05, 0) is 32.4 Å². The van der Waals surface area contributed by atoms with Crippen LogP contribution in [-0.2, 0) is 10.0 Å². The van der Waals surface area contributed by atoms with Gasteiger partial charge in [-0.25, -0.2) is 8.42 Å². The van der Waals surface area contributed by atoms with E-state index in [-0.39, 0.29) is 17.2 Å². The molecule has 0 unspecified atom stereocenters. The maximum Gasteiger partial charge on any atom is 0.269 e. The third-order valence-electron chi connectivity index (χ3n) is 3.25. The Labute approximate surface area is 118 Å². The second-order valence-electron chi connectivity index (χ2n) is 5.15. The van der Waals surface area contributed by atoms with E-state index >= 15 is 0 Å². The van der Waals surface area contributed by atoms with Crippen LogP contribution in [0.5, 0.6) is 0 Å². The monoisotopic (exact) mass is 302 g/mol. The van der Waals surface area contributed by atoms with Crippen molar-refractivity contribution in [1.82, 2.24) is 4.31 Å². The van der Waals surface area contributed by atoms with Crippen molar-refractivity contribution in [2.45, 2.75) is 31.2 Å². The number of aliphatic hydroxyl groups excluding tert-OH is 1. The van der Waals surface area contributed by atoms with E-state index in [4.69, 9.17) is 0 Å². The number of benzene rings is 1. The molecule has 0 saturated carbocycles. The molecule has 0 heterocycles. The summed E-state index contributed by atoms with van der Waals surface area (Å²) >= 11 is 0. The third kappa shape index (κ3) is 2.97. The van der Waals surface area contributed by atoms with E-state index in [1.54, 1.807) is 13.8 Å². The van der Waals surface area contributed by atoms with E-state index in [9.17, 15) is 23.6 Å². The average molecular weight is 302 g/mol. The lowest BCUT2D eigenvalue weighted by atomic mass is 10.1. The highest BCUT2D eigenvalue weighted by molar-refractivity contribution is 7.89. The molecule has 0 spiro atoms. The molecule has 0 aliphatic carbocycles. The maximum absolute atomic E-state index is 12.5. The minimum Gasteiger partial charge on any atom is -0.394 e. The SMILES string of the molecule is Cc1cc([N+](=O)[O-])ccc1S(=O)(=O)N(C)C(C)(C)CO. The number of nitro benzene ring substituents is 1. The molecule has 0 radical (unpaired) electrons. The molecule has 0 aromatic heterocycles. The number of hydrogen-bond donors (Lipinski definition) is 1. The van der Waals surface area contributed by atoms with Crippen LogP contribution in [0, 0.1) is 17.0 Å². The molecule has 7 nitrogen and oxygen atoms in total. The van der Waals surface area contributed by atoms with E-state index in [1.807, 2.05) is 0 Å². The van der Waals surface area contributed by atoms with Crippen molar-refractivity contribution in [3.8, 4) is 0 Å². The Morgan fingerprint density at radius 3 is 2.35 bits per heavy atom. The third-order valence-corrected chi connectivity index (χ3v) is 5.48. The summed E-state index contributed by atoms with van der Waals surface area (Å²) in [6.45, 7) is 4.34. The summed E-state index contributed by atoms with van der Waals surface area (Å²) < 4.78 is 26.0. The summed E-state index contributed by atoms with van der Waals surface area (Å²) in [6.07, 6.45) is 0. The largest absolute Gasteiger partial charge is 0.394 e. The van der Waals surface area contributed by atoms with E-state index in [0.29, 0.717) is 5.56 Å². The molecule has 1 aromatic rings. The number of hydrogen-bond acceptors (Lipinski definition) is 5. The Balaban J connectivity index is 3.34. The van der Waals surface area contributed by atoms with Gasteiger partial charge < -0.3 is 5.11 Å². The van der Waals surface area contributed by atoms with Gasteiger partial charge in [0.1, 0.15) is 0 Å². The molecular formula is C12H18N2O5S.